The van der Waals surface area contributed by atoms with E-state index in [-0.39, 0.29) is 16.2 Å². The lowest BCUT2D eigenvalue weighted by Gasteiger charge is -2.15. The molecule has 3 aromatic rings. The lowest BCUT2D eigenvalue weighted by molar-refractivity contribution is -0.140. The summed E-state index contributed by atoms with van der Waals surface area (Å²) in [6.45, 7) is 2.63. The minimum atomic E-state index is -3.89. The van der Waals surface area contributed by atoms with Crippen molar-refractivity contribution in [1.82, 2.24) is 5.32 Å². The van der Waals surface area contributed by atoms with E-state index in [9.17, 15) is 18.0 Å². The molecule has 0 unspecified atom stereocenters. The average molecular weight is 533 g/mol. The van der Waals surface area contributed by atoms with Gasteiger partial charge in [0.25, 0.3) is 15.9 Å². The quantitative estimate of drug-likeness (QED) is 0.330. The minimum Gasteiger partial charge on any atom is -0.496 e. The average Bonchev–Trinajstić information content (AvgIpc) is 2.83. The predicted molar refractivity (Wildman–Crippen MR) is 136 cm³/mol. The van der Waals surface area contributed by atoms with Gasteiger partial charge in [-0.05, 0) is 72.5 Å². The third-order valence-corrected chi connectivity index (χ3v) is 7.36. The van der Waals surface area contributed by atoms with E-state index in [0.717, 1.165) is 0 Å². The summed E-state index contributed by atoms with van der Waals surface area (Å²) in [4.78, 5) is 23.7. The molecule has 0 aliphatic carbocycles. The van der Waals surface area contributed by atoms with Crippen molar-refractivity contribution in [1.29, 1.82) is 0 Å². The van der Waals surface area contributed by atoms with Crippen LogP contribution in [0.4, 0.5) is 5.69 Å². The number of nitrogens with one attached hydrogen (secondary N) is 2. The highest BCUT2D eigenvalue weighted by molar-refractivity contribution is 7.92. The van der Waals surface area contributed by atoms with Gasteiger partial charge >= 0.3 is 5.97 Å². The summed E-state index contributed by atoms with van der Waals surface area (Å²) in [6.07, 6.45) is 0. The summed E-state index contributed by atoms with van der Waals surface area (Å²) in [6, 6.07) is 13.0. The largest absolute Gasteiger partial charge is 0.496 e. The second-order valence-corrected chi connectivity index (χ2v) is 10.1. The maximum Gasteiger partial charge on any atom is 0.328 e. The predicted octanol–water partition coefficient (Wildman–Crippen LogP) is 3.61. The van der Waals surface area contributed by atoms with E-state index < -0.39 is 34.5 Å². The van der Waals surface area contributed by atoms with Crippen molar-refractivity contribution in [2.24, 2.45) is 0 Å². The number of aryl methyl sites for hydroxylation is 2. The highest BCUT2D eigenvalue weighted by atomic mass is 35.5. The van der Waals surface area contributed by atoms with E-state index >= 15 is 0 Å². The number of hydrogen-bond acceptors (Lipinski definition) is 6. The Hall–Kier alpha value is -3.60. The summed E-state index contributed by atoms with van der Waals surface area (Å²) in [5.41, 5.74) is 2.82. The van der Waals surface area contributed by atoms with Gasteiger partial charge < -0.3 is 20.3 Å². The van der Waals surface area contributed by atoms with Crippen molar-refractivity contribution in [3.8, 4) is 16.9 Å². The molecule has 3 aromatic carbocycles. The van der Waals surface area contributed by atoms with Gasteiger partial charge in [0.2, 0.25) is 0 Å². The van der Waals surface area contributed by atoms with Crippen LogP contribution in [-0.4, -0.2) is 50.3 Å². The number of carbonyl (C=O) groups excluding carboxylic acids is 1. The molecule has 0 saturated carbocycles. The standard InChI is InChI=1S/C25H25ClN2O7S/c1-14-10-23(15(2)9-20(14)26)36(33,34)28-18-6-4-5-16(11-18)17-7-8-19(22(12-17)35-3)24(30)27-21(13-29)25(31)32/h4-12,21,28-29H,13H2,1-3H3,(H,27,30)(H,31,32)/t21-/m0/s1. The lowest BCUT2D eigenvalue weighted by atomic mass is 10.0. The first-order valence-corrected chi connectivity index (χ1v) is 12.6. The van der Waals surface area contributed by atoms with Gasteiger partial charge in [0.05, 0.1) is 24.2 Å². The third kappa shape index (κ3) is 5.96. The molecule has 1 amide bonds. The molecule has 0 bridgehead atoms. The Morgan fingerprint density at radius 2 is 1.72 bits per heavy atom. The molecule has 0 aromatic heterocycles. The molecule has 0 aliphatic heterocycles. The van der Waals surface area contributed by atoms with Crippen molar-refractivity contribution < 1.29 is 33.0 Å². The van der Waals surface area contributed by atoms with E-state index in [1.807, 2.05) is 0 Å². The maximum atomic E-state index is 13.0. The van der Waals surface area contributed by atoms with Crippen molar-refractivity contribution in [3.05, 3.63) is 76.3 Å². The zero-order valence-electron chi connectivity index (χ0n) is 19.7. The summed E-state index contributed by atoms with van der Waals surface area (Å²) in [5, 5.41) is 20.9. The van der Waals surface area contributed by atoms with Crippen LogP contribution < -0.4 is 14.8 Å². The smallest absolute Gasteiger partial charge is 0.328 e. The number of benzene rings is 3. The summed E-state index contributed by atoms with van der Waals surface area (Å²) in [5.74, 6) is -1.93. The van der Waals surface area contributed by atoms with Crippen LogP contribution in [0.25, 0.3) is 11.1 Å². The second kappa shape index (κ2) is 11.0. The van der Waals surface area contributed by atoms with Crippen molar-refractivity contribution >= 4 is 39.2 Å². The van der Waals surface area contributed by atoms with Crippen LogP contribution in [0.15, 0.2) is 59.5 Å². The molecule has 0 spiro atoms. The van der Waals surface area contributed by atoms with Gasteiger partial charge in [-0.3, -0.25) is 9.52 Å². The molecule has 36 heavy (non-hydrogen) atoms. The minimum absolute atomic E-state index is 0.0754. The fraction of sp³-hybridized carbons (Fsp3) is 0.200. The topological polar surface area (TPSA) is 142 Å². The number of carboxylic acids is 1. The number of aliphatic carboxylic acids is 1. The SMILES string of the molecule is COc1cc(-c2cccc(NS(=O)(=O)c3cc(C)c(Cl)cc3C)c2)ccc1C(=O)N[C@@H](CO)C(=O)O. The number of ether oxygens (including phenoxy) is 1. The van der Waals surface area contributed by atoms with Crippen LogP contribution in [0.2, 0.25) is 5.02 Å². The molecule has 9 nitrogen and oxygen atoms in total. The molecule has 1 atom stereocenters. The summed E-state index contributed by atoms with van der Waals surface area (Å²) >= 11 is 6.10. The number of amides is 1. The Morgan fingerprint density at radius 1 is 1.03 bits per heavy atom. The fourth-order valence-corrected chi connectivity index (χ4v) is 5.08. The van der Waals surface area contributed by atoms with Crippen molar-refractivity contribution in [2.75, 3.05) is 18.4 Å². The third-order valence-electron chi connectivity index (χ3n) is 5.43. The Balaban J connectivity index is 1.90. The van der Waals surface area contributed by atoms with Crippen LogP contribution in [0.1, 0.15) is 21.5 Å². The summed E-state index contributed by atoms with van der Waals surface area (Å²) < 4.78 is 34.0. The van der Waals surface area contributed by atoms with Gasteiger partial charge in [-0.25, -0.2) is 13.2 Å². The number of aliphatic hydroxyl groups is 1. The number of rotatable bonds is 9. The molecule has 0 fully saturated rings. The number of carboxylic acid groups (broad SMARTS) is 1. The number of anilines is 1. The Bertz CT molecular complexity index is 1420. The molecule has 4 N–H and O–H groups in total. The van der Waals surface area contributed by atoms with Crippen LogP contribution in [0.5, 0.6) is 5.75 Å². The first-order valence-electron chi connectivity index (χ1n) is 10.7. The maximum absolute atomic E-state index is 13.0. The zero-order chi connectivity index (χ0) is 26.6. The van der Waals surface area contributed by atoms with Gasteiger partial charge in [0, 0.05) is 10.7 Å². The number of methoxy groups -OCH3 is 1. The molecule has 0 radical (unpaired) electrons. The number of aliphatic hydroxyl groups excluding tert-OH is 1. The van der Waals surface area contributed by atoms with Crippen LogP contribution >= 0.6 is 11.6 Å². The van der Waals surface area contributed by atoms with Crippen molar-refractivity contribution in [3.63, 3.8) is 0 Å². The molecule has 11 heteroatoms. The van der Waals surface area contributed by atoms with Gasteiger partial charge in [0.1, 0.15) is 5.75 Å². The molecule has 0 heterocycles. The lowest BCUT2D eigenvalue weighted by Crippen LogP contribution is -2.43. The van der Waals surface area contributed by atoms with Gasteiger partial charge in [0.15, 0.2) is 6.04 Å². The molecule has 0 saturated heterocycles. The first-order chi connectivity index (χ1) is 17.0. The molecule has 0 aliphatic rings. The Labute approximate surface area is 213 Å². The van der Waals surface area contributed by atoms with E-state index in [0.29, 0.717) is 33.0 Å². The van der Waals surface area contributed by atoms with Crippen LogP contribution in [-0.2, 0) is 14.8 Å². The number of hydrogen-bond donors (Lipinski definition) is 4. The normalized spacial score (nSPS) is 12.0. The van der Waals surface area contributed by atoms with Crippen LogP contribution in [0.3, 0.4) is 0 Å². The number of carbonyl (C=O) groups is 2. The van der Waals surface area contributed by atoms with E-state index in [4.69, 9.17) is 26.6 Å². The van der Waals surface area contributed by atoms with Gasteiger partial charge in [-0.1, -0.05) is 29.8 Å². The van der Waals surface area contributed by atoms with E-state index in [1.165, 1.54) is 19.2 Å². The summed E-state index contributed by atoms with van der Waals surface area (Å²) in [7, 11) is -2.53. The highest BCUT2D eigenvalue weighted by Crippen LogP contribution is 2.30. The molecule has 190 valence electrons. The monoisotopic (exact) mass is 532 g/mol. The van der Waals surface area contributed by atoms with E-state index in [1.54, 1.807) is 56.3 Å². The van der Waals surface area contributed by atoms with Crippen LogP contribution in [0, 0.1) is 13.8 Å². The number of halogens is 1. The Kier molecular flexibility index (Phi) is 8.24. The second-order valence-electron chi connectivity index (χ2n) is 8.02. The number of sulfonamides is 1. The van der Waals surface area contributed by atoms with Crippen molar-refractivity contribution in [2.45, 2.75) is 24.8 Å². The fourth-order valence-electron chi connectivity index (χ4n) is 3.50. The molecular weight excluding hydrogens is 508 g/mol. The molecule has 3 rings (SSSR count). The van der Waals surface area contributed by atoms with E-state index in [2.05, 4.69) is 10.0 Å². The first kappa shape index (κ1) is 27.0. The Morgan fingerprint density at radius 3 is 2.36 bits per heavy atom. The highest BCUT2D eigenvalue weighted by Gasteiger charge is 2.22. The van der Waals surface area contributed by atoms with Gasteiger partial charge in [-0.2, -0.15) is 0 Å². The van der Waals surface area contributed by atoms with Gasteiger partial charge in [-0.15, -0.1) is 0 Å². The zero-order valence-corrected chi connectivity index (χ0v) is 21.3. The molecular formula is C25H25ClN2O7S.